The molecule has 98 valence electrons. The van der Waals surface area contributed by atoms with Gasteiger partial charge in [0.1, 0.15) is 0 Å². The van der Waals surface area contributed by atoms with Crippen molar-refractivity contribution in [1.82, 2.24) is 10.4 Å². The number of amides is 3. The first-order chi connectivity index (χ1) is 8.45. The summed E-state index contributed by atoms with van der Waals surface area (Å²) in [5.41, 5.74) is 1.96. The van der Waals surface area contributed by atoms with E-state index < -0.39 is 12.1 Å². The molecule has 0 saturated carbocycles. The zero-order chi connectivity index (χ0) is 13.7. The van der Waals surface area contributed by atoms with Gasteiger partial charge in [0.25, 0.3) is 0 Å². The molecule has 0 fully saturated rings. The second kappa shape index (κ2) is 6.38. The summed E-state index contributed by atoms with van der Waals surface area (Å²) in [4.78, 5) is 22.1. The maximum absolute atomic E-state index is 13.7. The molecule has 0 unspecified atom stereocenters. The molecule has 6 nitrogen and oxygen atoms in total. The number of hydrazine groups is 1. The Kier molecular flexibility index (Phi) is 5.13. The highest BCUT2D eigenvalue weighted by molar-refractivity contribution is 14.1. The quantitative estimate of drug-likeness (QED) is 0.480. The molecule has 8 heteroatoms. The van der Waals surface area contributed by atoms with Gasteiger partial charge in [0.15, 0.2) is 0 Å². The maximum Gasteiger partial charge on any atom is 0.426 e. The van der Waals surface area contributed by atoms with Crippen LogP contribution in [0, 0.1) is 3.57 Å². The van der Waals surface area contributed by atoms with Crippen molar-refractivity contribution >= 4 is 40.4 Å². The van der Waals surface area contributed by atoms with E-state index in [1.165, 1.54) is 19.1 Å². The van der Waals surface area contributed by atoms with E-state index in [0.29, 0.717) is 5.01 Å². The lowest BCUT2D eigenvalue weighted by molar-refractivity contribution is 0.125. The molecule has 0 aliphatic heterocycles. The lowest BCUT2D eigenvalue weighted by Crippen LogP contribution is -2.49. The number of urea groups is 1. The minimum Gasteiger partial charge on any atom is -0.464 e. The Morgan fingerprint density at radius 3 is 2.67 bits per heavy atom. The third-order valence-corrected chi connectivity index (χ3v) is 2.66. The highest BCUT2D eigenvalue weighted by atomic mass is 127. The molecule has 3 amide bonds. The highest BCUT2D eigenvalue weighted by Gasteiger charge is 2.20. The minimum absolute atomic E-state index is 0.0151. The number of halogens is 2. The molecule has 0 aliphatic carbocycles. The number of hydrogen-bond donors (Lipinski definition) is 2. The summed E-state index contributed by atoms with van der Waals surface area (Å²) in [5, 5.41) is 9.13. The monoisotopic (exact) mass is 367 g/mol. The van der Waals surface area contributed by atoms with Crippen molar-refractivity contribution in [1.29, 1.82) is 0 Å². The van der Waals surface area contributed by atoms with Gasteiger partial charge in [0, 0.05) is 10.1 Å². The number of carbonyl (C=O) groups is 2. The molecular formula is C10H11FIN3O3. The van der Waals surface area contributed by atoms with Gasteiger partial charge in [-0.2, -0.15) is 0 Å². The molecule has 0 spiro atoms. The first kappa shape index (κ1) is 14.5. The van der Waals surface area contributed by atoms with Crippen LogP contribution in [0.25, 0.3) is 0 Å². The number of rotatable bonds is 2. The predicted molar refractivity (Wildman–Crippen MR) is 71.7 cm³/mol. The van der Waals surface area contributed by atoms with Gasteiger partial charge in [-0.3, -0.25) is 0 Å². The second-order valence-corrected chi connectivity index (χ2v) is 4.45. The van der Waals surface area contributed by atoms with Crippen molar-refractivity contribution in [2.75, 3.05) is 11.7 Å². The Hall–Kier alpha value is -1.58. The summed E-state index contributed by atoms with van der Waals surface area (Å²) < 4.78 is 14.4. The Morgan fingerprint density at radius 1 is 1.50 bits per heavy atom. The summed E-state index contributed by atoms with van der Waals surface area (Å²) >= 11 is 1.98. The molecule has 1 aromatic carbocycles. The molecule has 0 aromatic heterocycles. The minimum atomic E-state index is -1.36. The van der Waals surface area contributed by atoms with Crippen LogP contribution in [0.1, 0.15) is 6.92 Å². The van der Waals surface area contributed by atoms with E-state index in [1.54, 1.807) is 12.1 Å². The lowest BCUT2D eigenvalue weighted by Gasteiger charge is -2.20. The van der Waals surface area contributed by atoms with Gasteiger partial charge in [-0.05, 0) is 47.7 Å². The van der Waals surface area contributed by atoms with E-state index in [9.17, 15) is 14.1 Å². The fourth-order valence-electron chi connectivity index (χ4n) is 1.14. The van der Waals surface area contributed by atoms with Gasteiger partial charge in [0.2, 0.25) is 0 Å². The normalized spacial score (nSPS) is 9.72. The SMILES string of the molecule is CCN(NC(=O)N(F)c1cccc(I)c1)C(=O)O. The first-order valence-electron chi connectivity index (χ1n) is 4.98. The number of hydrogen-bond acceptors (Lipinski definition) is 2. The van der Waals surface area contributed by atoms with Gasteiger partial charge in [-0.15, -0.1) is 5.12 Å². The number of carbonyl (C=O) groups excluding carboxylic acids is 1. The molecule has 0 saturated heterocycles. The fraction of sp³-hybridized carbons (Fsp3) is 0.200. The smallest absolute Gasteiger partial charge is 0.426 e. The Bertz CT molecular complexity index is 458. The van der Waals surface area contributed by atoms with Crippen LogP contribution in [0.5, 0.6) is 0 Å². The summed E-state index contributed by atoms with van der Waals surface area (Å²) in [6.45, 7) is 1.53. The van der Waals surface area contributed by atoms with Crippen LogP contribution in [0.15, 0.2) is 24.3 Å². The molecular weight excluding hydrogens is 356 g/mol. The Labute approximate surface area is 116 Å². The summed E-state index contributed by atoms with van der Waals surface area (Å²) in [6, 6.07) is 5.02. The van der Waals surface area contributed by atoms with E-state index in [1.807, 2.05) is 28.0 Å². The second-order valence-electron chi connectivity index (χ2n) is 3.20. The van der Waals surface area contributed by atoms with Crippen LogP contribution in [0.2, 0.25) is 0 Å². The van der Waals surface area contributed by atoms with Crippen molar-refractivity contribution in [2.45, 2.75) is 6.92 Å². The summed E-state index contributed by atoms with van der Waals surface area (Å²) in [7, 11) is 0. The van der Waals surface area contributed by atoms with E-state index in [-0.39, 0.29) is 17.4 Å². The molecule has 1 aromatic rings. The Morgan fingerprint density at radius 2 is 2.17 bits per heavy atom. The molecule has 0 bridgehead atoms. The van der Waals surface area contributed by atoms with E-state index in [0.717, 1.165) is 3.57 Å². The molecule has 0 radical (unpaired) electrons. The first-order valence-corrected chi connectivity index (χ1v) is 6.06. The van der Waals surface area contributed by atoms with Gasteiger partial charge in [-0.1, -0.05) is 10.5 Å². The van der Waals surface area contributed by atoms with Crippen molar-refractivity contribution in [3.05, 3.63) is 27.8 Å². The predicted octanol–water partition coefficient (Wildman–Crippen LogP) is 2.61. The number of carboxylic acid groups (broad SMARTS) is 1. The fourth-order valence-corrected chi connectivity index (χ4v) is 1.66. The maximum atomic E-state index is 13.7. The van der Waals surface area contributed by atoms with Crippen LogP contribution in [-0.2, 0) is 0 Å². The van der Waals surface area contributed by atoms with Crippen LogP contribution >= 0.6 is 22.6 Å². The standard InChI is InChI=1S/C10H11FIN3O3/c1-2-14(10(17)18)13-9(16)15(11)8-5-3-4-7(12)6-8/h3-6H,2H2,1H3,(H,13,16)(H,17,18). The number of nitrogens with zero attached hydrogens (tertiary/aromatic N) is 2. The largest absolute Gasteiger partial charge is 0.464 e. The van der Waals surface area contributed by atoms with Gasteiger partial charge >= 0.3 is 12.1 Å². The number of benzene rings is 1. The third-order valence-electron chi connectivity index (χ3n) is 1.99. The van der Waals surface area contributed by atoms with Crippen LogP contribution in [-0.4, -0.2) is 28.8 Å². The van der Waals surface area contributed by atoms with Crippen LogP contribution in [0.4, 0.5) is 19.8 Å². The van der Waals surface area contributed by atoms with E-state index in [2.05, 4.69) is 0 Å². The van der Waals surface area contributed by atoms with Crippen LogP contribution < -0.4 is 10.5 Å². The van der Waals surface area contributed by atoms with Crippen LogP contribution in [0.3, 0.4) is 0 Å². The van der Waals surface area contributed by atoms with E-state index >= 15 is 0 Å². The zero-order valence-corrected chi connectivity index (χ0v) is 11.6. The molecule has 18 heavy (non-hydrogen) atoms. The average molecular weight is 367 g/mol. The Balaban J connectivity index is 2.75. The van der Waals surface area contributed by atoms with Crippen molar-refractivity contribution in [3.8, 4) is 0 Å². The van der Waals surface area contributed by atoms with Gasteiger partial charge in [-0.25, -0.2) is 20.0 Å². The average Bonchev–Trinajstić information content (AvgIpc) is 2.34. The molecule has 0 atom stereocenters. The zero-order valence-electron chi connectivity index (χ0n) is 9.43. The van der Waals surface area contributed by atoms with Crippen molar-refractivity contribution in [2.24, 2.45) is 0 Å². The number of anilines is 1. The van der Waals surface area contributed by atoms with Gasteiger partial charge in [0.05, 0.1) is 5.69 Å². The van der Waals surface area contributed by atoms with Gasteiger partial charge < -0.3 is 5.11 Å². The topological polar surface area (TPSA) is 72.9 Å². The highest BCUT2D eigenvalue weighted by Crippen LogP contribution is 2.17. The molecule has 0 heterocycles. The van der Waals surface area contributed by atoms with Crippen molar-refractivity contribution in [3.63, 3.8) is 0 Å². The molecule has 2 N–H and O–H groups in total. The third kappa shape index (κ3) is 3.72. The summed E-state index contributed by atoms with van der Waals surface area (Å²) in [5.74, 6) is 0. The summed E-state index contributed by atoms with van der Waals surface area (Å²) in [6.07, 6.45) is -1.36. The number of nitrogens with one attached hydrogen (secondary N) is 1. The lowest BCUT2D eigenvalue weighted by atomic mass is 10.3. The van der Waals surface area contributed by atoms with Crippen molar-refractivity contribution < 1.29 is 19.2 Å². The molecule has 1 rings (SSSR count). The molecule has 0 aliphatic rings. The van der Waals surface area contributed by atoms with E-state index in [4.69, 9.17) is 5.11 Å².